The second-order valence-electron chi connectivity index (χ2n) is 5.79. The average molecular weight is 332 g/mol. The Morgan fingerprint density at radius 3 is 2.72 bits per heavy atom. The Morgan fingerprint density at radius 1 is 1.16 bits per heavy atom. The molecular formula is C19H16N4O2. The number of ether oxygens (including phenoxy) is 1. The Kier molecular flexibility index (Phi) is 3.57. The van der Waals surface area contributed by atoms with Crippen molar-refractivity contribution >= 4 is 33.5 Å². The minimum absolute atomic E-state index is 0.202. The smallest absolute Gasteiger partial charge is 0.257 e. The summed E-state index contributed by atoms with van der Waals surface area (Å²) < 4.78 is 5.21. The van der Waals surface area contributed by atoms with Crippen LogP contribution >= 0.6 is 0 Å². The number of fused-ring (bicyclic) bond motifs is 3. The summed E-state index contributed by atoms with van der Waals surface area (Å²) in [7, 11) is 1.56. The molecule has 0 saturated carbocycles. The summed E-state index contributed by atoms with van der Waals surface area (Å²) in [4.78, 5) is 24.7. The maximum atomic E-state index is 12.8. The van der Waals surface area contributed by atoms with E-state index in [1.165, 1.54) is 0 Å². The molecule has 6 nitrogen and oxygen atoms in total. The molecule has 0 spiro atoms. The van der Waals surface area contributed by atoms with Gasteiger partial charge in [0.1, 0.15) is 5.52 Å². The van der Waals surface area contributed by atoms with Gasteiger partial charge in [-0.25, -0.2) is 4.98 Å². The van der Waals surface area contributed by atoms with Gasteiger partial charge in [-0.15, -0.1) is 0 Å². The molecule has 0 atom stereocenters. The number of aromatic amines is 1. The standard InChI is InChI=1S/C19H16N4O2/c1-11-3-5-12(6-4-11)22-19(24)13-9-20-15-10-21-14-7-8-16(25-2)23-18(14)17(13)15/h3-10,20H,1-2H3,(H,22,24). The molecule has 0 radical (unpaired) electrons. The first-order valence-corrected chi connectivity index (χ1v) is 7.84. The van der Waals surface area contributed by atoms with Crippen molar-refractivity contribution in [3.05, 3.63) is 59.9 Å². The molecule has 0 aliphatic rings. The zero-order valence-corrected chi connectivity index (χ0v) is 13.8. The van der Waals surface area contributed by atoms with Crippen LogP contribution in [0.2, 0.25) is 0 Å². The number of aromatic nitrogens is 3. The van der Waals surface area contributed by atoms with Crippen molar-refractivity contribution in [2.24, 2.45) is 0 Å². The molecule has 124 valence electrons. The molecule has 0 saturated heterocycles. The van der Waals surface area contributed by atoms with Crippen LogP contribution in [-0.4, -0.2) is 28.0 Å². The number of nitrogens with zero attached hydrogens (tertiary/aromatic N) is 2. The number of rotatable bonds is 3. The highest BCUT2D eigenvalue weighted by Crippen LogP contribution is 2.27. The van der Waals surface area contributed by atoms with Gasteiger partial charge in [-0.2, -0.15) is 0 Å². The highest BCUT2D eigenvalue weighted by Gasteiger charge is 2.16. The van der Waals surface area contributed by atoms with E-state index in [0.29, 0.717) is 22.5 Å². The van der Waals surface area contributed by atoms with Crippen LogP contribution in [0.5, 0.6) is 5.88 Å². The summed E-state index contributed by atoms with van der Waals surface area (Å²) in [5, 5.41) is 3.65. The summed E-state index contributed by atoms with van der Waals surface area (Å²) in [5.41, 5.74) is 4.49. The van der Waals surface area contributed by atoms with Crippen LogP contribution in [-0.2, 0) is 0 Å². The Labute approximate surface area is 143 Å². The number of benzene rings is 1. The molecule has 4 rings (SSSR count). The van der Waals surface area contributed by atoms with Gasteiger partial charge < -0.3 is 15.0 Å². The third-order valence-corrected chi connectivity index (χ3v) is 4.09. The van der Waals surface area contributed by atoms with Gasteiger partial charge in [0, 0.05) is 23.3 Å². The minimum Gasteiger partial charge on any atom is -0.481 e. The van der Waals surface area contributed by atoms with Crippen LogP contribution in [0.15, 0.2) is 48.8 Å². The third-order valence-electron chi connectivity index (χ3n) is 4.09. The topological polar surface area (TPSA) is 79.9 Å². The highest BCUT2D eigenvalue weighted by molar-refractivity contribution is 6.18. The van der Waals surface area contributed by atoms with E-state index in [-0.39, 0.29) is 5.91 Å². The number of hydrogen-bond donors (Lipinski definition) is 2. The van der Waals surface area contributed by atoms with E-state index in [9.17, 15) is 4.79 Å². The molecule has 0 aliphatic heterocycles. The second-order valence-corrected chi connectivity index (χ2v) is 5.79. The number of nitrogens with one attached hydrogen (secondary N) is 2. The lowest BCUT2D eigenvalue weighted by Gasteiger charge is -2.06. The van der Waals surface area contributed by atoms with Gasteiger partial charge in [-0.1, -0.05) is 17.7 Å². The molecule has 1 aromatic carbocycles. The number of methoxy groups -OCH3 is 1. The second kappa shape index (κ2) is 5.90. The fourth-order valence-corrected chi connectivity index (χ4v) is 2.78. The molecule has 0 unspecified atom stereocenters. The SMILES string of the molecule is COc1ccc2ncc3[nH]cc(C(=O)Nc4ccc(C)cc4)c3c2n1. The van der Waals surface area contributed by atoms with Crippen LogP contribution in [0.25, 0.3) is 21.9 Å². The van der Waals surface area contributed by atoms with E-state index >= 15 is 0 Å². The number of carbonyl (C=O) groups is 1. The first-order chi connectivity index (χ1) is 12.2. The van der Waals surface area contributed by atoms with Crippen LogP contribution < -0.4 is 10.1 Å². The summed E-state index contributed by atoms with van der Waals surface area (Å²) in [5.74, 6) is 0.278. The lowest BCUT2D eigenvalue weighted by Crippen LogP contribution is -2.11. The number of hydrogen-bond acceptors (Lipinski definition) is 4. The van der Waals surface area contributed by atoms with Crippen molar-refractivity contribution in [1.82, 2.24) is 15.0 Å². The molecular weight excluding hydrogens is 316 g/mol. The van der Waals surface area contributed by atoms with Crippen LogP contribution in [0, 0.1) is 6.92 Å². The van der Waals surface area contributed by atoms with Gasteiger partial charge in [-0.05, 0) is 25.1 Å². The molecule has 0 bridgehead atoms. The van der Waals surface area contributed by atoms with E-state index in [1.54, 1.807) is 25.6 Å². The molecule has 3 heterocycles. The zero-order chi connectivity index (χ0) is 17.4. The predicted octanol–water partition coefficient (Wildman–Crippen LogP) is 3.68. The molecule has 1 amide bonds. The Balaban J connectivity index is 1.82. The number of anilines is 1. The monoisotopic (exact) mass is 332 g/mol. The Bertz CT molecular complexity index is 1080. The Morgan fingerprint density at radius 2 is 1.96 bits per heavy atom. The van der Waals surface area contributed by atoms with Gasteiger partial charge in [0.15, 0.2) is 0 Å². The van der Waals surface area contributed by atoms with Crippen molar-refractivity contribution in [3.63, 3.8) is 0 Å². The minimum atomic E-state index is -0.202. The highest BCUT2D eigenvalue weighted by atomic mass is 16.5. The number of carbonyl (C=O) groups excluding carboxylic acids is 1. The Hall–Kier alpha value is -3.41. The van der Waals surface area contributed by atoms with E-state index in [1.807, 2.05) is 37.3 Å². The molecule has 0 aliphatic carbocycles. The summed E-state index contributed by atoms with van der Waals surface area (Å²) >= 11 is 0. The van der Waals surface area contributed by atoms with Gasteiger partial charge in [0.2, 0.25) is 5.88 Å². The van der Waals surface area contributed by atoms with Crippen LogP contribution in [0.1, 0.15) is 15.9 Å². The van der Waals surface area contributed by atoms with Gasteiger partial charge in [0.25, 0.3) is 5.91 Å². The number of H-pyrrole nitrogens is 1. The fraction of sp³-hybridized carbons (Fsp3) is 0.105. The van der Waals surface area contributed by atoms with Crippen molar-refractivity contribution in [2.45, 2.75) is 6.92 Å². The molecule has 6 heteroatoms. The molecule has 4 aromatic rings. The van der Waals surface area contributed by atoms with Crippen molar-refractivity contribution in [3.8, 4) is 5.88 Å². The summed E-state index contributed by atoms with van der Waals surface area (Å²) in [6.07, 6.45) is 3.38. The maximum Gasteiger partial charge on any atom is 0.257 e. The van der Waals surface area contributed by atoms with Crippen molar-refractivity contribution in [2.75, 3.05) is 12.4 Å². The average Bonchev–Trinajstić information content (AvgIpc) is 3.08. The number of amides is 1. The van der Waals surface area contributed by atoms with E-state index in [0.717, 1.165) is 22.2 Å². The van der Waals surface area contributed by atoms with Crippen molar-refractivity contribution < 1.29 is 9.53 Å². The first kappa shape index (κ1) is 15.1. The van der Waals surface area contributed by atoms with Gasteiger partial charge in [0.05, 0.1) is 29.9 Å². The van der Waals surface area contributed by atoms with E-state index < -0.39 is 0 Å². The predicted molar refractivity (Wildman–Crippen MR) is 97.1 cm³/mol. The third kappa shape index (κ3) is 2.67. The van der Waals surface area contributed by atoms with Crippen LogP contribution in [0.4, 0.5) is 5.69 Å². The molecule has 2 N–H and O–H groups in total. The van der Waals surface area contributed by atoms with E-state index in [4.69, 9.17) is 4.74 Å². The van der Waals surface area contributed by atoms with Crippen LogP contribution in [0.3, 0.4) is 0 Å². The fourth-order valence-electron chi connectivity index (χ4n) is 2.78. The normalized spacial score (nSPS) is 11.0. The maximum absolute atomic E-state index is 12.8. The van der Waals surface area contributed by atoms with Gasteiger partial charge >= 0.3 is 0 Å². The first-order valence-electron chi connectivity index (χ1n) is 7.84. The quantitative estimate of drug-likeness (QED) is 0.600. The van der Waals surface area contributed by atoms with Gasteiger partial charge in [-0.3, -0.25) is 9.78 Å². The zero-order valence-electron chi connectivity index (χ0n) is 13.8. The lowest BCUT2D eigenvalue weighted by atomic mass is 10.1. The summed E-state index contributed by atoms with van der Waals surface area (Å²) in [6, 6.07) is 11.2. The largest absolute Gasteiger partial charge is 0.481 e. The molecule has 0 fully saturated rings. The van der Waals surface area contributed by atoms with Crippen molar-refractivity contribution in [1.29, 1.82) is 0 Å². The number of pyridine rings is 2. The van der Waals surface area contributed by atoms with E-state index in [2.05, 4.69) is 20.3 Å². The summed E-state index contributed by atoms with van der Waals surface area (Å²) in [6.45, 7) is 2.00. The number of aryl methyl sites for hydroxylation is 1. The molecule has 3 aromatic heterocycles. The lowest BCUT2D eigenvalue weighted by molar-refractivity contribution is 0.102. The molecule has 25 heavy (non-hydrogen) atoms.